The van der Waals surface area contributed by atoms with Crippen LogP contribution in [0.15, 0.2) is 0 Å². The predicted octanol–water partition coefficient (Wildman–Crippen LogP) is 1.93. The molecule has 0 aliphatic carbocycles. The van der Waals surface area contributed by atoms with Gasteiger partial charge in [-0.1, -0.05) is 26.7 Å². The summed E-state index contributed by atoms with van der Waals surface area (Å²) < 4.78 is 14.4. The number of amides is 3. The summed E-state index contributed by atoms with van der Waals surface area (Å²) in [5.74, 6) is -3.22. The van der Waals surface area contributed by atoms with Crippen LogP contribution in [0, 0.1) is 5.92 Å². The molecule has 0 radical (unpaired) electrons. The van der Waals surface area contributed by atoms with Crippen LogP contribution in [0.5, 0.6) is 0 Å². The predicted molar refractivity (Wildman–Crippen MR) is 95.1 cm³/mol. The second-order valence-corrected chi connectivity index (χ2v) is 7.54. The number of carbonyl (C=O) groups excluding carboxylic acids is 3. The first-order valence-corrected chi connectivity index (χ1v) is 9.39. The van der Waals surface area contributed by atoms with Gasteiger partial charge in [-0.25, -0.2) is 9.87 Å². The molecule has 0 aromatic heterocycles. The standard InChI is InChI=1S/C18H32FN3O4/c1-5-7-9-12(14(19)16(24)21-26)17(25)22-11-8-10-13(22)15(23)20-18(3,4)6-2/h12-14,26H,5-11H2,1-4H3,(H,20,23)(H,21,24)/t12-,13?,14-/m1/s1. The summed E-state index contributed by atoms with van der Waals surface area (Å²) in [5, 5.41) is 11.6. The zero-order valence-corrected chi connectivity index (χ0v) is 16.2. The number of hydrogen-bond acceptors (Lipinski definition) is 4. The minimum Gasteiger partial charge on any atom is -0.349 e. The monoisotopic (exact) mass is 373 g/mol. The largest absolute Gasteiger partial charge is 0.349 e. The van der Waals surface area contributed by atoms with E-state index < -0.39 is 35.5 Å². The molecule has 1 aliphatic heterocycles. The Kier molecular flexibility index (Phi) is 8.46. The lowest BCUT2D eigenvalue weighted by molar-refractivity contribution is -0.149. The van der Waals surface area contributed by atoms with Crippen molar-refractivity contribution in [3.63, 3.8) is 0 Å². The molecule has 0 bridgehead atoms. The van der Waals surface area contributed by atoms with Gasteiger partial charge in [-0.2, -0.15) is 0 Å². The summed E-state index contributed by atoms with van der Waals surface area (Å²) in [5.41, 5.74) is 0.882. The first kappa shape index (κ1) is 22.3. The lowest BCUT2D eigenvalue weighted by atomic mass is 9.94. The third-order valence-electron chi connectivity index (χ3n) is 5.08. The van der Waals surface area contributed by atoms with Crippen molar-refractivity contribution in [1.82, 2.24) is 15.7 Å². The van der Waals surface area contributed by atoms with Gasteiger partial charge in [0.05, 0.1) is 5.92 Å². The van der Waals surface area contributed by atoms with Gasteiger partial charge in [0.1, 0.15) is 6.04 Å². The SMILES string of the molecule is CCCC[C@@H](C(=O)N1CCCC1C(=O)NC(C)(C)CC)[C@@H](F)C(=O)NO. The van der Waals surface area contributed by atoms with Gasteiger partial charge < -0.3 is 10.2 Å². The molecule has 0 saturated carbocycles. The van der Waals surface area contributed by atoms with E-state index in [0.29, 0.717) is 25.8 Å². The third kappa shape index (κ3) is 5.65. The van der Waals surface area contributed by atoms with Crippen LogP contribution in [-0.4, -0.2) is 52.1 Å². The Morgan fingerprint density at radius 2 is 1.96 bits per heavy atom. The van der Waals surface area contributed by atoms with Crippen molar-refractivity contribution in [3.8, 4) is 0 Å². The second-order valence-electron chi connectivity index (χ2n) is 7.54. The number of carbonyl (C=O) groups is 3. The van der Waals surface area contributed by atoms with Crippen LogP contribution in [0.25, 0.3) is 0 Å². The molecule has 1 unspecified atom stereocenters. The van der Waals surface area contributed by atoms with E-state index in [1.165, 1.54) is 10.4 Å². The van der Waals surface area contributed by atoms with E-state index in [4.69, 9.17) is 5.21 Å². The van der Waals surface area contributed by atoms with E-state index in [1.807, 2.05) is 27.7 Å². The summed E-state index contributed by atoms with van der Waals surface area (Å²) in [4.78, 5) is 38.4. The van der Waals surface area contributed by atoms with Crippen molar-refractivity contribution >= 4 is 17.7 Å². The molecule has 1 saturated heterocycles. The molecule has 3 amide bonds. The van der Waals surface area contributed by atoms with E-state index in [9.17, 15) is 18.8 Å². The zero-order valence-electron chi connectivity index (χ0n) is 16.2. The highest BCUT2D eigenvalue weighted by Gasteiger charge is 2.42. The summed E-state index contributed by atoms with van der Waals surface area (Å²) >= 11 is 0. The fraction of sp³-hybridized carbons (Fsp3) is 0.833. The molecule has 0 aromatic carbocycles. The molecular weight excluding hydrogens is 341 g/mol. The molecule has 0 spiro atoms. The van der Waals surface area contributed by atoms with Gasteiger partial charge in [-0.3, -0.25) is 19.6 Å². The zero-order chi connectivity index (χ0) is 19.9. The fourth-order valence-electron chi connectivity index (χ4n) is 3.08. The normalized spacial score (nSPS) is 19.8. The number of alkyl halides is 1. The minimum atomic E-state index is -2.14. The van der Waals surface area contributed by atoms with Crippen LogP contribution in [-0.2, 0) is 14.4 Å². The Morgan fingerprint density at radius 1 is 1.31 bits per heavy atom. The topological polar surface area (TPSA) is 98.7 Å². The van der Waals surface area contributed by atoms with E-state index in [2.05, 4.69) is 5.32 Å². The molecule has 3 N–H and O–H groups in total. The van der Waals surface area contributed by atoms with E-state index in [-0.39, 0.29) is 12.3 Å². The molecule has 1 aliphatic rings. The molecule has 8 heteroatoms. The summed E-state index contributed by atoms with van der Waals surface area (Å²) in [6.45, 7) is 8.03. The molecule has 1 rings (SSSR count). The Bertz CT molecular complexity index is 513. The Balaban J connectivity index is 2.94. The second kappa shape index (κ2) is 9.85. The van der Waals surface area contributed by atoms with Gasteiger partial charge in [0.25, 0.3) is 5.91 Å². The smallest absolute Gasteiger partial charge is 0.278 e. The number of nitrogens with zero attached hydrogens (tertiary/aromatic N) is 1. The van der Waals surface area contributed by atoms with Crippen molar-refractivity contribution in [1.29, 1.82) is 0 Å². The number of nitrogens with one attached hydrogen (secondary N) is 2. The first-order chi connectivity index (χ1) is 12.2. The van der Waals surface area contributed by atoms with Crippen LogP contribution in [0.4, 0.5) is 4.39 Å². The highest BCUT2D eigenvalue weighted by Crippen LogP contribution is 2.26. The molecule has 0 aromatic rings. The average Bonchev–Trinajstić information content (AvgIpc) is 3.10. The molecule has 150 valence electrons. The molecule has 26 heavy (non-hydrogen) atoms. The van der Waals surface area contributed by atoms with Gasteiger partial charge in [0, 0.05) is 12.1 Å². The number of hydrogen-bond donors (Lipinski definition) is 3. The number of hydroxylamine groups is 1. The van der Waals surface area contributed by atoms with Crippen molar-refractivity contribution in [2.75, 3.05) is 6.54 Å². The molecule has 7 nitrogen and oxygen atoms in total. The Hall–Kier alpha value is -1.70. The molecule has 1 heterocycles. The summed E-state index contributed by atoms with van der Waals surface area (Å²) in [6, 6.07) is -0.651. The first-order valence-electron chi connectivity index (χ1n) is 9.39. The van der Waals surface area contributed by atoms with Crippen molar-refractivity contribution in [3.05, 3.63) is 0 Å². The number of likely N-dealkylation sites (tertiary alicyclic amines) is 1. The highest BCUT2D eigenvalue weighted by atomic mass is 19.1. The van der Waals surface area contributed by atoms with Crippen LogP contribution in [0.2, 0.25) is 0 Å². The minimum absolute atomic E-state index is 0.190. The third-order valence-corrected chi connectivity index (χ3v) is 5.08. The molecule has 1 fully saturated rings. The van der Waals surface area contributed by atoms with Crippen LogP contribution in [0.3, 0.4) is 0 Å². The van der Waals surface area contributed by atoms with Crippen molar-refractivity contribution in [2.45, 2.75) is 84.0 Å². The van der Waals surface area contributed by atoms with Crippen molar-refractivity contribution < 1.29 is 24.0 Å². The maximum Gasteiger partial charge on any atom is 0.278 e. The van der Waals surface area contributed by atoms with Gasteiger partial charge >= 0.3 is 0 Å². The maximum absolute atomic E-state index is 14.4. The highest BCUT2D eigenvalue weighted by molar-refractivity contribution is 5.92. The van der Waals surface area contributed by atoms with Gasteiger partial charge in [-0.15, -0.1) is 0 Å². The van der Waals surface area contributed by atoms with Gasteiger partial charge in [-0.05, 0) is 39.5 Å². The maximum atomic E-state index is 14.4. The fourth-order valence-corrected chi connectivity index (χ4v) is 3.08. The average molecular weight is 373 g/mol. The van der Waals surface area contributed by atoms with Gasteiger partial charge in [0.2, 0.25) is 11.8 Å². The van der Waals surface area contributed by atoms with E-state index in [0.717, 1.165) is 12.8 Å². The lowest BCUT2D eigenvalue weighted by Gasteiger charge is -2.32. The van der Waals surface area contributed by atoms with Gasteiger partial charge in [0.15, 0.2) is 6.17 Å². The van der Waals surface area contributed by atoms with Crippen LogP contribution < -0.4 is 10.8 Å². The lowest BCUT2D eigenvalue weighted by Crippen LogP contribution is -2.54. The van der Waals surface area contributed by atoms with Crippen LogP contribution >= 0.6 is 0 Å². The molecular formula is C18H32FN3O4. The van der Waals surface area contributed by atoms with E-state index >= 15 is 0 Å². The summed E-state index contributed by atoms with van der Waals surface area (Å²) in [6.07, 6.45) is 1.27. The Morgan fingerprint density at radius 3 is 2.50 bits per heavy atom. The quantitative estimate of drug-likeness (QED) is 0.425. The number of rotatable bonds is 9. The molecule has 3 atom stereocenters. The van der Waals surface area contributed by atoms with E-state index in [1.54, 1.807) is 0 Å². The van der Waals surface area contributed by atoms with Crippen molar-refractivity contribution in [2.24, 2.45) is 5.92 Å². The number of halogens is 1. The van der Waals surface area contributed by atoms with Crippen LogP contribution in [0.1, 0.15) is 66.2 Å². The Labute approximate surface area is 154 Å². The summed E-state index contributed by atoms with van der Waals surface area (Å²) in [7, 11) is 0. The number of unbranched alkanes of at least 4 members (excludes halogenated alkanes) is 1.